The zero-order valence-corrected chi connectivity index (χ0v) is 20.1. The number of fused-ring (bicyclic) bond motifs is 1. The molecule has 3 heterocycles. The monoisotopic (exact) mass is 479 g/mol. The predicted octanol–water partition coefficient (Wildman–Crippen LogP) is 2.71. The first-order valence-corrected chi connectivity index (χ1v) is 13.7. The number of aromatic nitrogens is 4. The molecule has 2 atom stereocenters. The highest BCUT2D eigenvalue weighted by molar-refractivity contribution is 7.99. The zero-order chi connectivity index (χ0) is 22.2. The number of carbonyl (C=O) groups is 1. The lowest BCUT2D eigenvalue weighted by atomic mass is 10.1. The van der Waals surface area contributed by atoms with Crippen molar-refractivity contribution in [2.75, 3.05) is 24.3 Å². The number of para-hydroxylation sites is 1. The van der Waals surface area contributed by atoms with Crippen LogP contribution in [0.15, 0.2) is 29.4 Å². The second-order valence-electron chi connectivity index (χ2n) is 7.92. The van der Waals surface area contributed by atoms with Crippen LogP contribution in [0.2, 0.25) is 0 Å². The molecule has 8 nitrogen and oxygen atoms in total. The van der Waals surface area contributed by atoms with E-state index in [1.807, 2.05) is 42.8 Å². The van der Waals surface area contributed by atoms with Gasteiger partial charge in [0.05, 0.1) is 33.5 Å². The minimum absolute atomic E-state index is 0.0109. The third-order valence-corrected chi connectivity index (χ3v) is 9.74. The number of hydrogen-bond acceptors (Lipinski definition) is 8. The summed E-state index contributed by atoms with van der Waals surface area (Å²) in [4.78, 5) is 19.1. The van der Waals surface area contributed by atoms with Gasteiger partial charge in [0, 0.05) is 20.5 Å². The van der Waals surface area contributed by atoms with Gasteiger partial charge in [-0.1, -0.05) is 23.9 Å². The summed E-state index contributed by atoms with van der Waals surface area (Å²) in [6.45, 7) is 1.98. The van der Waals surface area contributed by atoms with E-state index in [1.165, 1.54) is 11.8 Å². The van der Waals surface area contributed by atoms with Crippen LogP contribution in [0.25, 0.3) is 10.2 Å². The Morgan fingerprint density at radius 3 is 2.84 bits per heavy atom. The molecule has 0 aliphatic carbocycles. The Morgan fingerprint density at radius 1 is 1.35 bits per heavy atom. The van der Waals surface area contributed by atoms with Crippen molar-refractivity contribution in [3.8, 4) is 0 Å². The molecular weight excluding hydrogens is 454 g/mol. The van der Waals surface area contributed by atoms with Crippen LogP contribution in [0.5, 0.6) is 0 Å². The van der Waals surface area contributed by atoms with Crippen molar-refractivity contribution >= 4 is 49.1 Å². The molecular formula is C20H25N5O3S3. The molecule has 1 fully saturated rings. The van der Waals surface area contributed by atoms with Gasteiger partial charge in [0.15, 0.2) is 15.0 Å². The van der Waals surface area contributed by atoms with Gasteiger partial charge in [0.1, 0.15) is 10.8 Å². The fourth-order valence-electron chi connectivity index (χ4n) is 3.62. The van der Waals surface area contributed by atoms with Gasteiger partial charge in [0.25, 0.3) is 0 Å². The average molecular weight is 480 g/mol. The molecule has 1 aliphatic heterocycles. The molecule has 11 heteroatoms. The predicted molar refractivity (Wildman–Crippen MR) is 123 cm³/mol. The molecule has 3 aromatic rings. The van der Waals surface area contributed by atoms with E-state index >= 15 is 0 Å². The number of rotatable bonds is 7. The van der Waals surface area contributed by atoms with Crippen molar-refractivity contribution in [3.05, 3.63) is 35.1 Å². The van der Waals surface area contributed by atoms with E-state index in [1.54, 1.807) is 23.3 Å². The van der Waals surface area contributed by atoms with Gasteiger partial charge in [-0.2, -0.15) is 0 Å². The molecule has 2 aromatic heterocycles. The Bertz CT molecular complexity index is 1170. The van der Waals surface area contributed by atoms with Gasteiger partial charge in [-0.3, -0.25) is 4.79 Å². The zero-order valence-electron chi connectivity index (χ0n) is 17.7. The summed E-state index contributed by atoms with van der Waals surface area (Å²) >= 11 is 2.95. The normalized spacial score (nSPS) is 19.0. The maximum atomic E-state index is 12.8. The Kier molecular flexibility index (Phi) is 6.36. The van der Waals surface area contributed by atoms with E-state index in [-0.39, 0.29) is 35.1 Å². The number of carbonyl (C=O) groups excluding carboxylic acids is 1. The van der Waals surface area contributed by atoms with Crippen LogP contribution in [0.4, 0.5) is 0 Å². The molecule has 0 N–H and O–H groups in total. The van der Waals surface area contributed by atoms with Gasteiger partial charge in [-0.05, 0) is 31.4 Å². The number of nitrogens with zero attached hydrogens (tertiary/aromatic N) is 5. The molecule has 1 amide bonds. The van der Waals surface area contributed by atoms with E-state index < -0.39 is 9.84 Å². The van der Waals surface area contributed by atoms with Gasteiger partial charge in [-0.25, -0.2) is 13.4 Å². The first-order chi connectivity index (χ1) is 14.7. The van der Waals surface area contributed by atoms with Gasteiger partial charge >= 0.3 is 0 Å². The average Bonchev–Trinajstić information content (AvgIpc) is 3.42. The van der Waals surface area contributed by atoms with Crippen LogP contribution in [0.3, 0.4) is 0 Å². The molecule has 1 aromatic carbocycles. The summed E-state index contributed by atoms with van der Waals surface area (Å²) in [7, 11) is 0.745. The van der Waals surface area contributed by atoms with Crippen molar-refractivity contribution < 1.29 is 13.2 Å². The molecule has 166 valence electrons. The smallest absolute Gasteiger partial charge is 0.233 e. The molecule has 1 aliphatic rings. The Balaban J connectivity index is 1.35. The van der Waals surface area contributed by atoms with Crippen LogP contribution in [0, 0.1) is 5.92 Å². The Labute approximate surface area is 190 Å². The summed E-state index contributed by atoms with van der Waals surface area (Å²) in [6, 6.07) is 7.84. The third-order valence-electron chi connectivity index (χ3n) is 5.69. The first-order valence-electron chi connectivity index (χ1n) is 10.1. The van der Waals surface area contributed by atoms with Crippen LogP contribution >= 0.6 is 23.1 Å². The van der Waals surface area contributed by atoms with Crippen LogP contribution in [-0.4, -0.2) is 63.3 Å². The summed E-state index contributed by atoms with van der Waals surface area (Å²) in [5.41, 5.74) is 0.950. The lowest BCUT2D eigenvalue weighted by Crippen LogP contribution is -2.31. The second-order valence-corrected chi connectivity index (χ2v) is 12.2. The SMILES string of the molecule is CC(c1nc2ccccc2s1)N(C)C(=O)CSc1nnc(CC2CCS(=O)(=O)C2)n1C. The van der Waals surface area contributed by atoms with Gasteiger partial charge < -0.3 is 9.47 Å². The molecule has 4 rings (SSSR count). The van der Waals surface area contributed by atoms with E-state index in [2.05, 4.69) is 15.2 Å². The minimum atomic E-state index is -2.91. The maximum absolute atomic E-state index is 12.8. The van der Waals surface area contributed by atoms with E-state index in [4.69, 9.17) is 0 Å². The molecule has 0 spiro atoms. The molecule has 2 unspecified atom stereocenters. The lowest BCUT2D eigenvalue weighted by Gasteiger charge is -2.23. The number of sulfone groups is 1. The van der Waals surface area contributed by atoms with Crippen molar-refractivity contribution in [2.24, 2.45) is 13.0 Å². The molecule has 0 bridgehead atoms. The minimum Gasteiger partial charge on any atom is -0.336 e. The number of thioether (sulfide) groups is 1. The summed E-state index contributed by atoms with van der Waals surface area (Å²) in [5.74, 6) is 1.56. The Hall–Kier alpha value is -1.98. The molecule has 0 saturated carbocycles. The highest BCUT2D eigenvalue weighted by Gasteiger charge is 2.29. The highest BCUT2D eigenvalue weighted by atomic mass is 32.2. The maximum Gasteiger partial charge on any atom is 0.233 e. The summed E-state index contributed by atoms with van der Waals surface area (Å²) in [6.07, 6.45) is 1.26. The topological polar surface area (TPSA) is 98.1 Å². The fraction of sp³-hybridized carbons (Fsp3) is 0.500. The Morgan fingerprint density at radius 2 is 2.13 bits per heavy atom. The largest absolute Gasteiger partial charge is 0.336 e. The third kappa shape index (κ3) is 4.93. The second kappa shape index (κ2) is 8.87. The molecule has 1 saturated heterocycles. The highest BCUT2D eigenvalue weighted by Crippen LogP contribution is 2.29. The van der Waals surface area contributed by atoms with Crippen molar-refractivity contribution in [1.29, 1.82) is 0 Å². The number of benzene rings is 1. The number of hydrogen-bond donors (Lipinski definition) is 0. The summed E-state index contributed by atoms with van der Waals surface area (Å²) in [5, 5.41) is 9.99. The van der Waals surface area contributed by atoms with Crippen LogP contribution < -0.4 is 0 Å². The molecule has 31 heavy (non-hydrogen) atoms. The molecule has 0 radical (unpaired) electrons. The van der Waals surface area contributed by atoms with Crippen molar-refractivity contribution in [3.63, 3.8) is 0 Å². The van der Waals surface area contributed by atoms with Crippen LogP contribution in [0.1, 0.15) is 30.2 Å². The van der Waals surface area contributed by atoms with Gasteiger partial charge in [-0.15, -0.1) is 21.5 Å². The first kappa shape index (κ1) is 22.2. The van der Waals surface area contributed by atoms with E-state index in [0.717, 1.165) is 21.0 Å². The van der Waals surface area contributed by atoms with Crippen molar-refractivity contribution in [1.82, 2.24) is 24.6 Å². The quantitative estimate of drug-likeness (QED) is 0.481. The number of amides is 1. The van der Waals surface area contributed by atoms with Gasteiger partial charge in [0.2, 0.25) is 5.91 Å². The number of thiazole rings is 1. The summed E-state index contributed by atoms with van der Waals surface area (Å²) < 4.78 is 26.3. The standard InChI is InChI=1S/C20H25N5O3S3/c1-13(19-21-15-6-4-5-7-16(15)30-19)24(2)18(26)11-29-20-23-22-17(25(20)3)10-14-8-9-31(27,28)12-14/h4-7,13-14H,8-12H2,1-3H3. The van der Waals surface area contributed by atoms with Crippen molar-refractivity contribution in [2.45, 2.75) is 31.0 Å². The van der Waals surface area contributed by atoms with E-state index in [9.17, 15) is 13.2 Å². The van der Waals surface area contributed by atoms with E-state index in [0.29, 0.717) is 18.0 Å². The fourth-order valence-corrected chi connectivity index (χ4v) is 7.40. The van der Waals surface area contributed by atoms with Crippen LogP contribution in [-0.2, 0) is 28.1 Å². The lowest BCUT2D eigenvalue weighted by molar-refractivity contribution is -0.128.